The first-order chi connectivity index (χ1) is 17.2. The number of aryl methyl sites for hydroxylation is 1. The van der Waals surface area contributed by atoms with Gasteiger partial charge in [-0.2, -0.15) is 0 Å². The molecule has 2 heterocycles. The largest absolute Gasteiger partial charge is 0.493 e. The quantitative estimate of drug-likeness (QED) is 0.364. The van der Waals surface area contributed by atoms with E-state index in [4.69, 9.17) is 14.2 Å². The van der Waals surface area contributed by atoms with Gasteiger partial charge in [-0.05, 0) is 92.1 Å². The molecule has 0 amide bonds. The molecular formula is C32H39NO3. The molecule has 0 saturated heterocycles. The summed E-state index contributed by atoms with van der Waals surface area (Å²) in [6, 6.07) is 13.4. The number of nitrogens with zero attached hydrogens (tertiary/aromatic N) is 1. The zero-order chi connectivity index (χ0) is 25.8. The van der Waals surface area contributed by atoms with Crippen LogP contribution in [0.15, 0.2) is 36.4 Å². The molecule has 0 spiro atoms. The number of benzene rings is 3. The Morgan fingerprint density at radius 2 is 1.56 bits per heavy atom. The van der Waals surface area contributed by atoms with Gasteiger partial charge in [0.05, 0.1) is 20.1 Å². The summed E-state index contributed by atoms with van der Waals surface area (Å²) in [6.07, 6.45) is 2.25. The summed E-state index contributed by atoms with van der Waals surface area (Å²) in [5.74, 6) is 2.84. The SMILES string of the molecule is CCCc1cccc(C2c3c(C)c(N4Cc5cc(OC)c(OC)cc5C4)c(C)c(C)c3OC2(C)C)c1. The second kappa shape index (κ2) is 9.06. The molecule has 0 saturated carbocycles. The second-order valence-corrected chi connectivity index (χ2v) is 10.9. The summed E-state index contributed by atoms with van der Waals surface area (Å²) in [4.78, 5) is 2.51. The summed E-state index contributed by atoms with van der Waals surface area (Å²) >= 11 is 0. The van der Waals surface area contributed by atoms with E-state index in [2.05, 4.69) is 82.8 Å². The third-order valence-electron chi connectivity index (χ3n) is 8.18. The van der Waals surface area contributed by atoms with Crippen LogP contribution in [0.4, 0.5) is 5.69 Å². The maximum Gasteiger partial charge on any atom is 0.161 e. The predicted molar refractivity (Wildman–Crippen MR) is 147 cm³/mol. The van der Waals surface area contributed by atoms with E-state index in [9.17, 15) is 0 Å². The van der Waals surface area contributed by atoms with E-state index in [0.717, 1.165) is 43.2 Å². The Morgan fingerprint density at radius 3 is 2.14 bits per heavy atom. The summed E-state index contributed by atoms with van der Waals surface area (Å²) in [6.45, 7) is 15.2. The van der Waals surface area contributed by atoms with Crippen LogP contribution in [-0.4, -0.2) is 19.8 Å². The summed E-state index contributed by atoms with van der Waals surface area (Å²) < 4.78 is 17.9. The predicted octanol–water partition coefficient (Wildman–Crippen LogP) is 7.40. The highest BCUT2D eigenvalue weighted by Crippen LogP contribution is 2.54. The second-order valence-electron chi connectivity index (χ2n) is 10.9. The van der Waals surface area contributed by atoms with Crippen molar-refractivity contribution in [2.24, 2.45) is 0 Å². The molecule has 36 heavy (non-hydrogen) atoms. The molecule has 1 unspecified atom stereocenters. The van der Waals surface area contributed by atoms with Crippen LogP contribution in [0.25, 0.3) is 0 Å². The molecule has 0 aliphatic carbocycles. The summed E-state index contributed by atoms with van der Waals surface area (Å²) in [5.41, 5.74) is 11.6. The molecule has 0 bridgehead atoms. The zero-order valence-electron chi connectivity index (χ0n) is 23.0. The van der Waals surface area contributed by atoms with Crippen molar-refractivity contribution in [3.63, 3.8) is 0 Å². The van der Waals surface area contributed by atoms with E-state index < -0.39 is 0 Å². The first-order valence-corrected chi connectivity index (χ1v) is 13.1. The van der Waals surface area contributed by atoms with Crippen LogP contribution in [0.1, 0.15) is 77.6 Å². The first-order valence-electron chi connectivity index (χ1n) is 13.1. The fraction of sp³-hybridized carbons (Fsp3) is 0.438. The molecule has 0 N–H and O–H groups in total. The van der Waals surface area contributed by atoms with Crippen LogP contribution in [0.5, 0.6) is 17.2 Å². The average Bonchev–Trinajstić information content (AvgIpc) is 3.39. The molecule has 0 radical (unpaired) electrons. The van der Waals surface area contributed by atoms with E-state index in [1.165, 1.54) is 50.2 Å². The number of ether oxygens (including phenoxy) is 3. The van der Waals surface area contributed by atoms with Crippen molar-refractivity contribution in [3.8, 4) is 17.2 Å². The van der Waals surface area contributed by atoms with Crippen LogP contribution >= 0.6 is 0 Å². The number of rotatable bonds is 6. The minimum absolute atomic E-state index is 0.188. The first kappa shape index (κ1) is 24.5. The lowest BCUT2D eigenvalue weighted by Crippen LogP contribution is -2.31. The molecule has 4 nitrogen and oxygen atoms in total. The summed E-state index contributed by atoms with van der Waals surface area (Å²) in [7, 11) is 3.40. The van der Waals surface area contributed by atoms with E-state index in [1.807, 2.05) is 0 Å². The van der Waals surface area contributed by atoms with Crippen LogP contribution in [0.3, 0.4) is 0 Å². The molecule has 1 atom stereocenters. The van der Waals surface area contributed by atoms with Gasteiger partial charge in [-0.15, -0.1) is 0 Å². The fourth-order valence-corrected chi connectivity index (χ4v) is 6.42. The number of anilines is 1. The van der Waals surface area contributed by atoms with Gasteiger partial charge in [0.15, 0.2) is 11.5 Å². The average molecular weight is 486 g/mol. The molecule has 2 aliphatic heterocycles. The number of fused-ring (bicyclic) bond motifs is 2. The third kappa shape index (κ3) is 3.82. The smallest absolute Gasteiger partial charge is 0.161 e. The van der Waals surface area contributed by atoms with Gasteiger partial charge in [0.2, 0.25) is 0 Å². The standard InChI is InChI=1S/C32H39NO3/c1-9-11-22-12-10-13-23(14-22)29-28-21(4)30(19(2)20(3)31(28)36-32(29,5)6)33-17-24-15-26(34-7)27(35-8)16-25(24)18-33/h10,12-16,29H,9,11,17-18H2,1-8H3. The van der Waals surface area contributed by atoms with Gasteiger partial charge in [0.25, 0.3) is 0 Å². The van der Waals surface area contributed by atoms with Crippen LogP contribution in [-0.2, 0) is 19.5 Å². The van der Waals surface area contributed by atoms with E-state index in [1.54, 1.807) is 14.2 Å². The van der Waals surface area contributed by atoms with Gasteiger partial charge in [0.1, 0.15) is 11.4 Å². The lowest BCUT2D eigenvalue weighted by atomic mass is 9.78. The molecule has 5 rings (SSSR count). The lowest BCUT2D eigenvalue weighted by Gasteiger charge is -2.29. The lowest BCUT2D eigenvalue weighted by molar-refractivity contribution is 0.121. The normalized spacial score (nSPS) is 17.6. The number of hydrogen-bond donors (Lipinski definition) is 0. The Bertz CT molecular complexity index is 1290. The van der Waals surface area contributed by atoms with E-state index in [0.29, 0.717) is 0 Å². The van der Waals surface area contributed by atoms with Crippen LogP contribution in [0.2, 0.25) is 0 Å². The molecule has 4 heteroatoms. The van der Waals surface area contributed by atoms with Crippen LogP contribution in [0, 0.1) is 20.8 Å². The van der Waals surface area contributed by atoms with E-state index in [-0.39, 0.29) is 11.5 Å². The minimum atomic E-state index is -0.317. The Hall–Kier alpha value is -3.14. The Labute approximate surface area is 216 Å². The van der Waals surface area contributed by atoms with Crippen molar-refractivity contribution in [2.75, 3.05) is 19.1 Å². The highest BCUT2D eigenvalue weighted by Gasteiger charge is 2.45. The highest BCUT2D eigenvalue weighted by molar-refractivity contribution is 5.73. The number of hydrogen-bond acceptors (Lipinski definition) is 4. The highest BCUT2D eigenvalue weighted by atomic mass is 16.5. The van der Waals surface area contributed by atoms with Crippen molar-refractivity contribution in [2.45, 2.75) is 79.0 Å². The van der Waals surface area contributed by atoms with Crippen molar-refractivity contribution < 1.29 is 14.2 Å². The van der Waals surface area contributed by atoms with Crippen molar-refractivity contribution >= 4 is 5.69 Å². The maximum absolute atomic E-state index is 6.74. The van der Waals surface area contributed by atoms with Crippen LogP contribution < -0.4 is 19.1 Å². The maximum atomic E-state index is 6.74. The topological polar surface area (TPSA) is 30.9 Å². The van der Waals surface area contributed by atoms with Gasteiger partial charge in [-0.1, -0.05) is 37.6 Å². The zero-order valence-corrected chi connectivity index (χ0v) is 23.0. The van der Waals surface area contributed by atoms with Crippen molar-refractivity contribution in [1.82, 2.24) is 0 Å². The van der Waals surface area contributed by atoms with Crippen molar-refractivity contribution in [3.05, 3.63) is 80.9 Å². The molecule has 2 aliphatic rings. The molecular weight excluding hydrogens is 446 g/mol. The molecule has 3 aromatic rings. The molecule has 3 aromatic carbocycles. The van der Waals surface area contributed by atoms with Gasteiger partial charge < -0.3 is 19.1 Å². The monoisotopic (exact) mass is 485 g/mol. The van der Waals surface area contributed by atoms with E-state index >= 15 is 0 Å². The molecule has 0 fully saturated rings. The third-order valence-corrected chi connectivity index (χ3v) is 8.18. The molecule has 0 aromatic heterocycles. The van der Waals surface area contributed by atoms with Gasteiger partial charge >= 0.3 is 0 Å². The van der Waals surface area contributed by atoms with Crippen molar-refractivity contribution in [1.29, 1.82) is 0 Å². The number of methoxy groups -OCH3 is 2. The Balaban J connectivity index is 1.62. The Morgan fingerprint density at radius 1 is 0.917 bits per heavy atom. The fourth-order valence-electron chi connectivity index (χ4n) is 6.42. The van der Waals surface area contributed by atoms with Gasteiger partial charge in [-0.25, -0.2) is 0 Å². The van der Waals surface area contributed by atoms with Gasteiger partial charge in [0, 0.05) is 24.3 Å². The Kier molecular flexibility index (Phi) is 6.18. The van der Waals surface area contributed by atoms with Gasteiger partial charge in [-0.3, -0.25) is 0 Å². The molecule has 190 valence electrons. The summed E-state index contributed by atoms with van der Waals surface area (Å²) in [5, 5.41) is 0. The minimum Gasteiger partial charge on any atom is -0.493 e.